The first-order valence-corrected chi connectivity index (χ1v) is 7.26. The second kappa shape index (κ2) is 6.90. The van der Waals surface area contributed by atoms with Crippen molar-refractivity contribution < 1.29 is 13.5 Å². The molecule has 0 spiro atoms. The number of rotatable bonds is 6. The number of halogens is 2. The van der Waals surface area contributed by atoms with Gasteiger partial charge in [0.2, 0.25) is 0 Å². The minimum absolute atomic E-state index is 0.301. The summed E-state index contributed by atoms with van der Waals surface area (Å²) in [7, 11) is 0. The third-order valence-corrected chi connectivity index (χ3v) is 3.51. The molecule has 0 aliphatic rings. The fourth-order valence-electron chi connectivity index (χ4n) is 1.79. The van der Waals surface area contributed by atoms with Crippen molar-refractivity contribution in [3.63, 3.8) is 0 Å². The Morgan fingerprint density at radius 1 is 1.35 bits per heavy atom. The van der Waals surface area contributed by atoms with E-state index in [0.717, 1.165) is 23.6 Å². The van der Waals surface area contributed by atoms with E-state index in [9.17, 15) is 4.39 Å². The van der Waals surface area contributed by atoms with Crippen LogP contribution in [0, 0.1) is 12.7 Å². The molecule has 1 heterocycles. The molecule has 108 valence electrons. The Hall–Kier alpha value is -1.33. The van der Waals surface area contributed by atoms with Gasteiger partial charge in [0, 0.05) is 5.56 Å². The second-order valence-electron chi connectivity index (χ2n) is 4.44. The van der Waals surface area contributed by atoms with Crippen LogP contribution in [0.1, 0.15) is 24.0 Å². The van der Waals surface area contributed by atoms with Crippen LogP contribution in [0.3, 0.4) is 0 Å². The molecule has 0 bridgehead atoms. The van der Waals surface area contributed by atoms with E-state index < -0.39 is 0 Å². The van der Waals surface area contributed by atoms with Crippen LogP contribution in [0.15, 0.2) is 33.2 Å². The van der Waals surface area contributed by atoms with Crippen molar-refractivity contribution in [2.24, 2.45) is 0 Å². The van der Waals surface area contributed by atoms with Crippen LogP contribution >= 0.6 is 15.9 Å². The summed E-state index contributed by atoms with van der Waals surface area (Å²) in [6, 6.07) is 6.58. The predicted molar refractivity (Wildman–Crippen MR) is 79.3 cm³/mol. The van der Waals surface area contributed by atoms with E-state index in [1.165, 1.54) is 6.07 Å². The fraction of sp³-hybridized carbons (Fsp3) is 0.333. The molecular weight excluding hydrogens is 325 g/mol. The molecular formula is C15H17BrFNO2. The van der Waals surface area contributed by atoms with Crippen LogP contribution < -0.4 is 10.1 Å². The topological polar surface area (TPSA) is 34.4 Å². The molecule has 0 atom stereocenters. The fourth-order valence-corrected chi connectivity index (χ4v) is 2.15. The molecule has 2 aromatic rings. The van der Waals surface area contributed by atoms with Gasteiger partial charge in [-0.2, -0.15) is 0 Å². The minimum Gasteiger partial charge on any atom is -0.489 e. The van der Waals surface area contributed by atoms with E-state index in [4.69, 9.17) is 9.15 Å². The van der Waals surface area contributed by atoms with Gasteiger partial charge in [-0.15, -0.1) is 0 Å². The number of hydrogen-bond donors (Lipinski definition) is 1. The van der Waals surface area contributed by atoms with Crippen LogP contribution in [-0.4, -0.2) is 6.54 Å². The highest BCUT2D eigenvalue weighted by atomic mass is 79.9. The van der Waals surface area contributed by atoms with Crippen molar-refractivity contribution in [3.05, 3.63) is 51.6 Å². The average Bonchev–Trinajstić information content (AvgIpc) is 2.78. The molecule has 5 heteroatoms. The van der Waals surface area contributed by atoms with E-state index in [0.29, 0.717) is 23.4 Å². The molecule has 0 unspecified atom stereocenters. The van der Waals surface area contributed by atoms with Crippen molar-refractivity contribution >= 4 is 15.9 Å². The Labute approximate surface area is 126 Å². The van der Waals surface area contributed by atoms with Gasteiger partial charge in [0.15, 0.2) is 0 Å². The zero-order chi connectivity index (χ0) is 14.5. The summed E-state index contributed by atoms with van der Waals surface area (Å²) in [5, 5.41) is 3.21. The average molecular weight is 342 g/mol. The van der Waals surface area contributed by atoms with Crippen LogP contribution in [0.5, 0.6) is 5.75 Å². The number of hydrogen-bond acceptors (Lipinski definition) is 3. The van der Waals surface area contributed by atoms with Crippen LogP contribution in [0.2, 0.25) is 0 Å². The first-order valence-electron chi connectivity index (χ1n) is 6.47. The summed E-state index contributed by atoms with van der Waals surface area (Å²) < 4.78 is 24.8. The number of furan rings is 1. The molecule has 0 fully saturated rings. The SMILES string of the molecule is CCNCc1cc(COc2ccc(F)c(Br)c2)c(C)o1. The van der Waals surface area contributed by atoms with Crippen molar-refractivity contribution in [1.29, 1.82) is 0 Å². The minimum atomic E-state index is -0.301. The standard InChI is InChI=1S/C15H17BrFNO2/c1-3-18-8-13-6-11(10(2)20-13)9-19-12-4-5-15(17)14(16)7-12/h4-7,18H,3,8-9H2,1-2H3. The lowest BCUT2D eigenvalue weighted by molar-refractivity contribution is 0.302. The van der Waals surface area contributed by atoms with Crippen LogP contribution in [-0.2, 0) is 13.2 Å². The molecule has 0 aliphatic carbocycles. The summed E-state index contributed by atoms with van der Waals surface area (Å²) >= 11 is 3.14. The highest BCUT2D eigenvalue weighted by Gasteiger charge is 2.08. The molecule has 0 aliphatic heterocycles. The summed E-state index contributed by atoms with van der Waals surface area (Å²) in [5.41, 5.74) is 0.998. The first kappa shape index (κ1) is 15.1. The summed E-state index contributed by atoms with van der Waals surface area (Å²) in [4.78, 5) is 0. The van der Waals surface area contributed by atoms with Gasteiger partial charge in [0.25, 0.3) is 0 Å². The lowest BCUT2D eigenvalue weighted by Gasteiger charge is -2.05. The van der Waals surface area contributed by atoms with Crippen molar-refractivity contribution in [2.75, 3.05) is 6.54 Å². The van der Waals surface area contributed by atoms with Crippen molar-refractivity contribution in [1.82, 2.24) is 5.32 Å². The van der Waals surface area contributed by atoms with Gasteiger partial charge in [-0.25, -0.2) is 4.39 Å². The Morgan fingerprint density at radius 3 is 2.85 bits per heavy atom. The first-order chi connectivity index (χ1) is 9.60. The molecule has 0 saturated carbocycles. The van der Waals surface area contributed by atoms with Crippen LogP contribution in [0.4, 0.5) is 4.39 Å². The largest absolute Gasteiger partial charge is 0.489 e. The normalized spacial score (nSPS) is 10.8. The summed E-state index contributed by atoms with van der Waals surface area (Å²) in [6.45, 7) is 5.97. The van der Waals surface area contributed by atoms with Gasteiger partial charge < -0.3 is 14.5 Å². The number of aryl methyl sites for hydroxylation is 1. The molecule has 1 N–H and O–H groups in total. The maximum Gasteiger partial charge on any atom is 0.137 e. The molecule has 2 rings (SSSR count). The molecule has 0 saturated heterocycles. The van der Waals surface area contributed by atoms with Crippen molar-refractivity contribution in [2.45, 2.75) is 27.0 Å². The quantitative estimate of drug-likeness (QED) is 0.855. The molecule has 1 aromatic carbocycles. The van der Waals surface area contributed by atoms with Gasteiger partial charge in [-0.3, -0.25) is 0 Å². The Bertz CT molecular complexity index is 583. The summed E-state index contributed by atoms with van der Waals surface area (Å²) in [6.07, 6.45) is 0. The van der Waals surface area contributed by atoms with Gasteiger partial charge in [-0.1, -0.05) is 6.92 Å². The maximum atomic E-state index is 13.1. The zero-order valence-electron chi connectivity index (χ0n) is 11.5. The Balaban J connectivity index is 1.99. The molecule has 3 nitrogen and oxygen atoms in total. The van der Waals surface area contributed by atoms with Gasteiger partial charge in [0.1, 0.15) is 29.7 Å². The highest BCUT2D eigenvalue weighted by molar-refractivity contribution is 9.10. The van der Waals surface area contributed by atoms with Crippen molar-refractivity contribution in [3.8, 4) is 5.75 Å². The van der Waals surface area contributed by atoms with E-state index in [1.807, 2.05) is 19.9 Å². The third kappa shape index (κ3) is 3.84. The van der Waals surface area contributed by atoms with Gasteiger partial charge >= 0.3 is 0 Å². The van der Waals surface area contributed by atoms with E-state index >= 15 is 0 Å². The zero-order valence-corrected chi connectivity index (χ0v) is 13.1. The molecule has 20 heavy (non-hydrogen) atoms. The van der Waals surface area contributed by atoms with E-state index in [2.05, 4.69) is 21.2 Å². The summed E-state index contributed by atoms with van der Waals surface area (Å²) in [5.74, 6) is 2.05. The monoisotopic (exact) mass is 341 g/mol. The smallest absolute Gasteiger partial charge is 0.137 e. The Morgan fingerprint density at radius 2 is 2.15 bits per heavy atom. The Kier molecular flexibility index (Phi) is 5.20. The molecule has 1 aromatic heterocycles. The lowest BCUT2D eigenvalue weighted by Crippen LogP contribution is -2.10. The number of benzene rings is 1. The second-order valence-corrected chi connectivity index (χ2v) is 5.29. The van der Waals surface area contributed by atoms with E-state index in [-0.39, 0.29) is 5.82 Å². The lowest BCUT2D eigenvalue weighted by atomic mass is 10.2. The van der Waals surface area contributed by atoms with Gasteiger partial charge in [0.05, 0.1) is 11.0 Å². The highest BCUT2D eigenvalue weighted by Crippen LogP contribution is 2.23. The van der Waals surface area contributed by atoms with Crippen LogP contribution in [0.25, 0.3) is 0 Å². The number of nitrogens with one attached hydrogen (secondary N) is 1. The third-order valence-electron chi connectivity index (χ3n) is 2.91. The predicted octanol–water partition coefficient (Wildman–Crippen LogP) is 4.18. The van der Waals surface area contributed by atoms with Gasteiger partial charge in [-0.05, 0) is 53.7 Å². The maximum absolute atomic E-state index is 13.1. The molecule has 0 amide bonds. The van der Waals surface area contributed by atoms with E-state index in [1.54, 1.807) is 12.1 Å². The number of ether oxygens (including phenoxy) is 1. The molecule has 0 radical (unpaired) electrons.